The first kappa shape index (κ1) is 15.5. The number of rotatable bonds is 6. The topological polar surface area (TPSA) is 75.6 Å². The Morgan fingerprint density at radius 3 is 2.53 bits per heavy atom. The SMILES string of the molecule is CCNC(=O)C(C)Oc1cc(C(C)C)sc1C(=O)O. The van der Waals surface area contributed by atoms with E-state index in [0.29, 0.717) is 6.54 Å². The molecule has 0 saturated carbocycles. The van der Waals surface area contributed by atoms with Crippen LogP contribution in [0, 0.1) is 0 Å². The lowest BCUT2D eigenvalue weighted by molar-refractivity contribution is -0.127. The van der Waals surface area contributed by atoms with Crippen molar-refractivity contribution in [2.45, 2.75) is 39.7 Å². The molecule has 106 valence electrons. The van der Waals surface area contributed by atoms with Gasteiger partial charge in [-0.1, -0.05) is 13.8 Å². The summed E-state index contributed by atoms with van der Waals surface area (Å²) in [4.78, 5) is 23.8. The van der Waals surface area contributed by atoms with Crippen molar-refractivity contribution in [3.63, 3.8) is 0 Å². The fraction of sp³-hybridized carbons (Fsp3) is 0.538. The van der Waals surface area contributed by atoms with Gasteiger partial charge in [0.05, 0.1) is 0 Å². The van der Waals surface area contributed by atoms with E-state index < -0.39 is 12.1 Å². The lowest BCUT2D eigenvalue weighted by Crippen LogP contribution is -2.36. The second-order valence-electron chi connectivity index (χ2n) is 4.46. The van der Waals surface area contributed by atoms with Crippen LogP contribution in [0.5, 0.6) is 5.75 Å². The molecule has 0 aliphatic heterocycles. The molecule has 1 heterocycles. The summed E-state index contributed by atoms with van der Waals surface area (Å²) in [6.45, 7) is 7.89. The third-order valence-corrected chi connectivity index (χ3v) is 3.91. The third-order valence-electron chi connectivity index (χ3n) is 2.50. The summed E-state index contributed by atoms with van der Waals surface area (Å²) in [5.74, 6) is -0.800. The predicted octanol–water partition coefficient (Wildman–Crippen LogP) is 2.47. The molecule has 1 aromatic rings. The van der Waals surface area contributed by atoms with Gasteiger partial charge >= 0.3 is 5.97 Å². The summed E-state index contributed by atoms with van der Waals surface area (Å²) in [5, 5.41) is 11.8. The van der Waals surface area contributed by atoms with Crippen molar-refractivity contribution in [3.05, 3.63) is 15.8 Å². The molecule has 0 aliphatic rings. The molecule has 1 amide bonds. The van der Waals surface area contributed by atoms with Gasteiger partial charge in [0.1, 0.15) is 5.75 Å². The Bertz CT molecular complexity index is 467. The van der Waals surface area contributed by atoms with Crippen molar-refractivity contribution in [2.24, 2.45) is 0 Å². The lowest BCUT2D eigenvalue weighted by atomic mass is 10.2. The standard InChI is InChI=1S/C13H19NO4S/c1-5-14-12(15)8(4)18-9-6-10(7(2)3)19-11(9)13(16)17/h6-8H,5H2,1-4H3,(H,14,15)(H,16,17). The number of carboxylic acids is 1. The normalized spacial score (nSPS) is 12.3. The first-order valence-electron chi connectivity index (χ1n) is 6.18. The Balaban J connectivity index is 2.93. The fourth-order valence-electron chi connectivity index (χ4n) is 1.48. The summed E-state index contributed by atoms with van der Waals surface area (Å²) in [7, 11) is 0. The van der Waals surface area contributed by atoms with Crippen LogP contribution in [0.3, 0.4) is 0 Å². The van der Waals surface area contributed by atoms with Crippen LogP contribution in [0.25, 0.3) is 0 Å². The molecule has 0 bridgehead atoms. The Labute approximate surface area is 116 Å². The quantitative estimate of drug-likeness (QED) is 0.842. The van der Waals surface area contributed by atoms with Crippen molar-refractivity contribution >= 4 is 23.2 Å². The Morgan fingerprint density at radius 1 is 1.42 bits per heavy atom. The first-order chi connectivity index (χ1) is 8.86. The number of hydrogen-bond donors (Lipinski definition) is 2. The maximum Gasteiger partial charge on any atom is 0.349 e. The minimum Gasteiger partial charge on any atom is -0.479 e. The zero-order valence-electron chi connectivity index (χ0n) is 11.5. The summed E-state index contributed by atoms with van der Waals surface area (Å²) in [5.41, 5.74) is 0. The van der Waals surface area contributed by atoms with Gasteiger partial charge in [0.15, 0.2) is 11.0 Å². The van der Waals surface area contributed by atoms with E-state index in [2.05, 4.69) is 5.32 Å². The maximum atomic E-state index is 11.6. The summed E-state index contributed by atoms with van der Waals surface area (Å²) in [6.07, 6.45) is -0.715. The van der Waals surface area contributed by atoms with Crippen molar-refractivity contribution in [3.8, 4) is 5.75 Å². The van der Waals surface area contributed by atoms with Crippen molar-refractivity contribution in [1.82, 2.24) is 5.32 Å². The van der Waals surface area contributed by atoms with Crippen LogP contribution in [-0.4, -0.2) is 29.6 Å². The lowest BCUT2D eigenvalue weighted by Gasteiger charge is -2.13. The van der Waals surface area contributed by atoms with Crippen LogP contribution in [0.2, 0.25) is 0 Å². The molecule has 1 atom stereocenters. The largest absolute Gasteiger partial charge is 0.479 e. The van der Waals surface area contributed by atoms with E-state index >= 15 is 0 Å². The molecule has 0 radical (unpaired) electrons. The highest BCUT2D eigenvalue weighted by molar-refractivity contribution is 7.14. The van der Waals surface area contributed by atoms with E-state index in [9.17, 15) is 9.59 Å². The number of aromatic carboxylic acids is 1. The maximum absolute atomic E-state index is 11.6. The highest BCUT2D eigenvalue weighted by Crippen LogP contribution is 2.34. The van der Waals surface area contributed by atoms with Crippen molar-refractivity contribution < 1.29 is 19.4 Å². The first-order valence-corrected chi connectivity index (χ1v) is 6.99. The van der Waals surface area contributed by atoms with Gasteiger partial charge in [0, 0.05) is 11.4 Å². The molecule has 6 heteroatoms. The summed E-state index contributed by atoms with van der Waals surface area (Å²) < 4.78 is 5.47. The Morgan fingerprint density at radius 2 is 2.05 bits per heavy atom. The van der Waals surface area contributed by atoms with Crippen molar-refractivity contribution in [2.75, 3.05) is 6.54 Å². The molecule has 1 rings (SSSR count). The number of carbonyl (C=O) groups excluding carboxylic acids is 1. The number of hydrogen-bond acceptors (Lipinski definition) is 4. The minimum atomic E-state index is -1.03. The average Bonchev–Trinajstić information content (AvgIpc) is 2.73. The molecule has 0 spiro atoms. The van der Waals surface area contributed by atoms with Crippen LogP contribution < -0.4 is 10.1 Å². The van der Waals surface area contributed by atoms with Gasteiger partial charge in [-0.05, 0) is 25.8 Å². The highest BCUT2D eigenvalue weighted by Gasteiger charge is 2.22. The average molecular weight is 285 g/mol. The summed E-state index contributed by atoms with van der Waals surface area (Å²) >= 11 is 1.19. The van der Waals surface area contributed by atoms with Crippen LogP contribution in [0.15, 0.2) is 6.07 Å². The van der Waals surface area contributed by atoms with Gasteiger partial charge < -0.3 is 15.2 Å². The molecule has 0 aromatic carbocycles. The van der Waals surface area contributed by atoms with Crippen LogP contribution in [-0.2, 0) is 4.79 Å². The molecular weight excluding hydrogens is 266 g/mol. The van der Waals surface area contributed by atoms with Crippen LogP contribution in [0.1, 0.15) is 48.2 Å². The molecule has 5 nitrogen and oxygen atoms in total. The second-order valence-corrected chi connectivity index (χ2v) is 5.54. The second kappa shape index (κ2) is 6.56. The zero-order chi connectivity index (χ0) is 14.6. The Kier molecular flexibility index (Phi) is 5.35. The van der Waals surface area contributed by atoms with E-state index in [-0.39, 0.29) is 22.5 Å². The predicted molar refractivity (Wildman–Crippen MR) is 74.1 cm³/mol. The number of carbonyl (C=O) groups is 2. The molecule has 19 heavy (non-hydrogen) atoms. The molecule has 1 unspecified atom stereocenters. The van der Waals surface area contributed by atoms with E-state index in [1.54, 1.807) is 13.0 Å². The smallest absolute Gasteiger partial charge is 0.349 e. The van der Waals surface area contributed by atoms with E-state index in [1.807, 2.05) is 20.8 Å². The number of likely N-dealkylation sites (N-methyl/N-ethyl adjacent to an activating group) is 1. The van der Waals surface area contributed by atoms with Crippen molar-refractivity contribution in [1.29, 1.82) is 0 Å². The third kappa shape index (κ3) is 3.96. The van der Waals surface area contributed by atoms with Gasteiger partial charge in [-0.25, -0.2) is 4.79 Å². The number of amides is 1. The van der Waals surface area contributed by atoms with E-state index in [1.165, 1.54) is 11.3 Å². The van der Waals surface area contributed by atoms with Gasteiger partial charge in [-0.3, -0.25) is 4.79 Å². The molecule has 0 saturated heterocycles. The highest BCUT2D eigenvalue weighted by atomic mass is 32.1. The number of carboxylic acid groups (broad SMARTS) is 1. The molecule has 0 fully saturated rings. The van der Waals surface area contributed by atoms with Gasteiger partial charge in [-0.15, -0.1) is 11.3 Å². The number of thiophene rings is 1. The van der Waals surface area contributed by atoms with Gasteiger partial charge in [0.25, 0.3) is 5.91 Å². The Hall–Kier alpha value is -1.56. The number of ether oxygens (including phenoxy) is 1. The fourth-order valence-corrected chi connectivity index (χ4v) is 2.41. The zero-order valence-corrected chi connectivity index (χ0v) is 12.3. The number of nitrogens with one attached hydrogen (secondary N) is 1. The van der Waals surface area contributed by atoms with Crippen LogP contribution in [0.4, 0.5) is 0 Å². The molecule has 2 N–H and O–H groups in total. The van der Waals surface area contributed by atoms with Gasteiger partial charge in [-0.2, -0.15) is 0 Å². The van der Waals surface area contributed by atoms with E-state index in [0.717, 1.165) is 4.88 Å². The van der Waals surface area contributed by atoms with Crippen LogP contribution >= 0.6 is 11.3 Å². The molecule has 1 aromatic heterocycles. The summed E-state index contributed by atoms with van der Waals surface area (Å²) in [6, 6.07) is 1.70. The molecule has 0 aliphatic carbocycles. The minimum absolute atomic E-state index is 0.139. The monoisotopic (exact) mass is 285 g/mol. The molecular formula is C13H19NO4S. The van der Waals surface area contributed by atoms with E-state index in [4.69, 9.17) is 9.84 Å². The van der Waals surface area contributed by atoms with Gasteiger partial charge in [0.2, 0.25) is 0 Å².